The van der Waals surface area contributed by atoms with Crippen LogP contribution in [0.25, 0.3) is 0 Å². The van der Waals surface area contributed by atoms with E-state index >= 15 is 0 Å². The Morgan fingerprint density at radius 2 is 1.97 bits per heavy atom. The highest BCUT2D eigenvalue weighted by Crippen LogP contribution is 2.28. The molecule has 0 aromatic heterocycles. The highest BCUT2D eigenvalue weighted by Gasteiger charge is 2.33. The second-order valence-corrected chi connectivity index (χ2v) is 8.72. The summed E-state index contributed by atoms with van der Waals surface area (Å²) in [4.78, 5) is 38.4. The number of carbonyl (C=O) groups excluding carboxylic acids is 3. The predicted molar refractivity (Wildman–Crippen MR) is 115 cm³/mol. The van der Waals surface area contributed by atoms with Crippen LogP contribution in [-0.4, -0.2) is 41.3 Å². The zero-order valence-corrected chi connectivity index (χ0v) is 17.4. The average Bonchev–Trinajstić information content (AvgIpc) is 3.18. The van der Waals surface area contributed by atoms with Gasteiger partial charge in [-0.2, -0.15) is 0 Å². The summed E-state index contributed by atoms with van der Waals surface area (Å²) in [6.07, 6.45) is 1.27. The van der Waals surface area contributed by atoms with Crippen molar-refractivity contribution in [2.45, 2.75) is 30.6 Å². The first-order valence-electron chi connectivity index (χ1n) is 9.98. The molecule has 0 saturated carbocycles. The average molecular weight is 445 g/mol. The Kier molecular flexibility index (Phi) is 6.22. The maximum atomic E-state index is 14.2. The molecule has 2 aromatic carbocycles. The molecule has 2 aliphatic heterocycles. The quantitative estimate of drug-likeness (QED) is 0.742. The zero-order valence-electron chi connectivity index (χ0n) is 16.6. The van der Waals surface area contributed by atoms with Gasteiger partial charge in [-0.15, -0.1) is 11.8 Å². The fourth-order valence-electron chi connectivity index (χ4n) is 3.68. The minimum absolute atomic E-state index is 0.132. The summed E-state index contributed by atoms with van der Waals surface area (Å²) in [6, 6.07) is 9.57. The Hall–Kier alpha value is -2.94. The first kappa shape index (κ1) is 21.3. The molecule has 3 amide bonds. The van der Waals surface area contributed by atoms with Crippen LogP contribution in [0.15, 0.2) is 42.5 Å². The predicted octanol–water partition coefficient (Wildman–Crippen LogP) is 2.87. The Labute approximate surface area is 182 Å². The molecule has 2 atom stereocenters. The van der Waals surface area contributed by atoms with Gasteiger partial charge in [-0.25, -0.2) is 8.78 Å². The van der Waals surface area contributed by atoms with Crippen molar-refractivity contribution in [2.75, 3.05) is 22.5 Å². The Balaban J connectivity index is 1.38. The largest absolute Gasteiger partial charge is 0.343 e. The van der Waals surface area contributed by atoms with Gasteiger partial charge in [-0.05, 0) is 42.7 Å². The molecule has 2 heterocycles. The van der Waals surface area contributed by atoms with Gasteiger partial charge in [0.2, 0.25) is 17.7 Å². The van der Waals surface area contributed by atoms with Crippen molar-refractivity contribution < 1.29 is 23.2 Å². The van der Waals surface area contributed by atoms with Crippen molar-refractivity contribution in [2.24, 2.45) is 0 Å². The number of nitrogens with zero attached hydrogens (tertiary/aromatic N) is 1. The fourth-order valence-corrected chi connectivity index (χ4v) is 4.86. The molecule has 162 valence electrons. The fraction of sp³-hybridized carbons (Fsp3) is 0.318. The van der Waals surface area contributed by atoms with Crippen LogP contribution in [0.3, 0.4) is 0 Å². The van der Waals surface area contributed by atoms with Crippen LogP contribution in [0, 0.1) is 11.6 Å². The lowest BCUT2D eigenvalue weighted by atomic mass is 10.1. The molecule has 0 bridgehead atoms. The lowest BCUT2D eigenvalue weighted by molar-refractivity contribution is -0.126. The second-order valence-electron chi connectivity index (χ2n) is 7.48. The van der Waals surface area contributed by atoms with Gasteiger partial charge in [0.1, 0.15) is 17.7 Å². The van der Waals surface area contributed by atoms with E-state index in [1.807, 2.05) is 0 Å². The van der Waals surface area contributed by atoms with Gasteiger partial charge < -0.3 is 15.5 Å². The number of rotatable bonds is 5. The van der Waals surface area contributed by atoms with E-state index in [0.29, 0.717) is 36.4 Å². The molecule has 2 saturated heterocycles. The summed E-state index contributed by atoms with van der Waals surface area (Å²) in [6.45, 7) is 0.436. The number of hydrogen-bond acceptors (Lipinski definition) is 4. The molecule has 31 heavy (non-hydrogen) atoms. The van der Waals surface area contributed by atoms with E-state index in [4.69, 9.17) is 0 Å². The van der Waals surface area contributed by atoms with E-state index in [9.17, 15) is 23.2 Å². The maximum absolute atomic E-state index is 14.2. The van der Waals surface area contributed by atoms with Crippen LogP contribution < -0.4 is 15.5 Å². The third kappa shape index (κ3) is 4.71. The first-order chi connectivity index (χ1) is 14.9. The topological polar surface area (TPSA) is 78.5 Å². The van der Waals surface area contributed by atoms with E-state index in [2.05, 4.69) is 10.6 Å². The van der Waals surface area contributed by atoms with Crippen molar-refractivity contribution in [3.8, 4) is 0 Å². The first-order valence-corrected chi connectivity index (χ1v) is 11.0. The highest BCUT2D eigenvalue weighted by molar-refractivity contribution is 8.00. The molecule has 6 nitrogen and oxygen atoms in total. The van der Waals surface area contributed by atoms with Gasteiger partial charge in [-0.1, -0.05) is 18.2 Å². The van der Waals surface area contributed by atoms with E-state index in [-0.39, 0.29) is 29.7 Å². The van der Waals surface area contributed by atoms with Gasteiger partial charge in [0.15, 0.2) is 0 Å². The van der Waals surface area contributed by atoms with Crippen LogP contribution in [0.2, 0.25) is 0 Å². The van der Waals surface area contributed by atoms with Gasteiger partial charge in [-0.3, -0.25) is 14.4 Å². The van der Waals surface area contributed by atoms with Crippen LogP contribution >= 0.6 is 11.8 Å². The molecule has 2 N–H and O–H groups in total. The summed E-state index contributed by atoms with van der Waals surface area (Å²) in [5, 5.41) is 4.88. The van der Waals surface area contributed by atoms with Crippen molar-refractivity contribution in [1.82, 2.24) is 5.32 Å². The smallest absolute Gasteiger partial charge is 0.247 e. The molecular formula is C22H21F2N3O3S. The summed E-state index contributed by atoms with van der Waals surface area (Å²) in [5.74, 6) is -1.49. The number of benzene rings is 2. The van der Waals surface area contributed by atoms with Crippen molar-refractivity contribution in [1.29, 1.82) is 0 Å². The molecule has 0 aliphatic carbocycles. The van der Waals surface area contributed by atoms with Gasteiger partial charge in [0.05, 0.1) is 10.9 Å². The van der Waals surface area contributed by atoms with E-state index in [1.165, 1.54) is 40.9 Å². The van der Waals surface area contributed by atoms with Crippen molar-refractivity contribution in [3.63, 3.8) is 0 Å². The van der Waals surface area contributed by atoms with Crippen LogP contribution in [0.4, 0.5) is 20.2 Å². The molecule has 0 radical (unpaired) electrons. The minimum atomic E-state index is -0.767. The minimum Gasteiger partial charge on any atom is -0.343 e. The molecule has 0 spiro atoms. The van der Waals surface area contributed by atoms with Gasteiger partial charge in [0, 0.05) is 24.4 Å². The molecule has 2 fully saturated rings. The number of halogens is 2. The number of amides is 3. The third-order valence-electron chi connectivity index (χ3n) is 5.33. The molecule has 4 rings (SSSR count). The molecular weight excluding hydrogens is 424 g/mol. The number of nitrogens with one attached hydrogen (secondary N) is 2. The normalized spacial score (nSPS) is 21.2. The summed E-state index contributed by atoms with van der Waals surface area (Å²) in [7, 11) is 0. The van der Waals surface area contributed by atoms with Crippen LogP contribution in [0.1, 0.15) is 18.4 Å². The van der Waals surface area contributed by atoms with Crippen LogP contribution in [0.5, 0.6) is 0 Å². The second kappa shape index (κ2) is 9.05. The Morgan fingerprint density at radius 3 is 2.68 bits per heavy atom. The lowest BCUT2D eigenvalue weighted by Gasteiger charge is -2.28. The molecule has 0 unspecified atom stereocenters. The number of anilines is 2. The molecule has 2 aliphatic rings. The summed E-state index contributed by atoms with van der Waals surface area (Å²) >= 11 is 1.30. The number of hydrogen-bond donors (Lipinski definition) is 2. The number of carbonyl (C=O) groups is 3. The van der Waals surface area contributed by atoms with E-state index in [1.54, 1.807) is 18.2 Å². The van der Waals surface area contributed by atoms with Crippen molar-refractivity contribution in [3.05, 3.63) is 59.7 Å². The highest BCUT2D eigenvalue weighted by atomic mass is 32.2. The van der Waals surface area contributed by atoms with E-state index < -0.39 is 23.0 Å². The zero-order chi connectivity index (χ0) is 22.0. The SMILES string of the molecule is O=C(Nc1ccc(F)c(N2CCCC2=O)c1)[C@@H]1CS[C@@H](Cc2ccccc2F)C(=O)N1. The Morgan fingerprint density at radius 1 is 1.16 bits per heavy atom. The standard InChI is InChI=1S/C22H21F2N3O3S/c23-15-5-2-1-4-13(15)10-19-22(30)26-17(12-31-19)21(29)25-14-7-8-16(24)18(11-14)27-9-3-6-20(27)28/h1-2,4-5,7-8,11,17,19H,3,6,9-10,12H2,(H,25,29)(H,26,30)/t17-,19-/m0/s1. The summed E-state index contributed by atoms with van der Waals surface area (Å²) < 4.78 is 28.1. The van der Waals surface area contributed by atoms with Crippen molar-refractivity contribution >= 4 is 40.9 Å². The lowest BCUT2D eigenvalue weighted by Crippen LogP contribution is -2.52. The molecule has 2 aromatic rings. The maximum Gasteiger partial charge on any atom is 0.247 e. The summed E-state index contributed by atoms with van der Waals surface area (Å²) in [5.41, 5.74) is 0.925. The Bertz CT molecular complexity index is 1030. The van der Waals surface area contributed by atoms with Crippen LogP contribution in [-0.2, 0) is 20.8 Å². The van der Waals surface area contributed by atoms with E-state index in [0.717, 1.165) is 0 Å². The third-order valence-corrected chi connectivity index (χ3v) is 6.64. The van der Waals surface area contributed by atoms with Gasteiger partial charge >= 0.3 is 0 Å². The molecule has 9 heteroatoms. The van der Waals surface area contributed by atoms with Gasteiger partial charge in [0.25, 0.3) is 0 Å². The monoisotopic (exact) mass is 445 g/mol. The number of thioether (sulfide) groups is 1.